The summed E-state index contributed by atoms with van der Waals surface area (Å²) in [6.45, 7) is 0. The van der Waals surface area contributed by atoms with Gasteiger partial charge in [-0.25, -0.2) is 4.98 Å². The van der Waals surface area contributed by atoms with Crippen LogP contribution in [0.1, 0.15) is 20.8 Å². The van der Waals surface area contributed by atoms with E-state index in [-0.39, 0.29) is 11.3 Å². The van der Waals surface area contributed by atoms with Gasteiger partial charge in [-0.15, -0.1) is 0 Å². The zero-order valence-corrected chi connectivity index (χ0v) is 5.45. The minimum Gasteiger partial charge on any atom is -0.298 e. The summed E-state index contributed by atoms with van der Waals surface area (Å²) < 4.78 is 12.4. The largest absolute Gasteiger partial charge is 0.298 e. The summed E-state index contributed by atoms with van der Waals surface area (Å²) in [5.41, 5.74) is 0.0340. The Morgan fingerprint density at radius 1 is 1.27 bits per heavy atom. The van der Waals surface area contributed by atoms with Gasteiger partial charge in [0.1, 0.15) is 12.0 Å². The number of nitrogens with zero attached hydrogens (tertiary/aromatic N) is 1. The molecule has 0 aliphatic carbocycles. The Kier molecular flexibility index (Phi) is 2.06. The van der Waals surface area contributed by atoms with E-state index in [1.54, 1.807) is 0 Å². The molecule has 0 saturated carbocycles. The number of hydrogen-bond donors (Lipinski definition) is 0. The normalized spacial score (nSPS) is 9.18. The average Bonchev–Trinajstić information content (AvgIpc) is 2.03. The zero-order valence-electron chi connectivity index (χ0n) is 5.45. The maximum Gasteiger partial charge on any atom is 0.214 e. The lowest BCUT2D eigenvalue weighted by molar-refractivity contribution is 0.111. The molecule has 0 bridgehead atoms. The molecule has 0 spiro atoms. The van der Waals surface area contributed by atoms with Crippen LogP contribution < -0.4 is 0 Å². The molecule has 56 valence electrons. The Morgan fingerprint density at radius 2 is 2.00 bits per heavy atom. The van der Waals surface area contributed by atoms with Gasteiger partial charge in [0.25, 0.3) is 0 Å². The van der Waals surface area contributed by atoms with Crippen LogP contribution in [-0.2, 0) is 0 Å². The molecule has 0 N–H and O–H groups in total. The van der Waals surface area contributed by atoms with E-state index in [1.165, 1.54) is 6.07 Å². The predicted molar refractivity (Wildman–Crippen MR) is 35.0 cm³/mol. The van der Waals surface area contributed by atoms with Crippen LogP contribution in [0, 0.1) is 5.95 Å². The van der Waals surface area contributed by atoms with E-state index in [2.05, 4.69) is 4.98 Å². The summed E-state index contributed by atoms with van der Waals surface area (Å²) in [5.74, 6) is -0.822. The van der Waals surface area contributed by atoms with Crippen molar-refractivity contribution in [3.05, 3.63) is 29.3 Å². The Bertz CT molecular complexity index is 272. The fourth-order valence-electron chi connectivity index (χ4n) is 0.666. The predicted octanol–water partition coefficient (Wildman–Crippen LogP) is 0.846. The number of carbonyl (C=O) groups is 2. The van der Waals surface area contributed by atoms with E-state index in [1.807, 2.05) is 0 Å². The van der Waals surface area contributed by atoms with Crippen molar-refractivity contribution >= 4 is 12.6 Å². The van der Waals surface area contributed by atoms with Gasteiger partial charge < -0.3 is 0 Å². The smallest absolute Gasteiger partial charge is 0.214 e. The van der Waals surface area contributed by atoms with E-state index in [9.17, 15) is 14.0 Å². The van der Waals surface area contributed by atoms with Gasteiger partial charge in [0.05, 0.1) is 0 Å². The van der Waals surface area contributed by atoms with Gasteiger partial charge in [0.2, 0.25) is 5.95 Å². The first-order valence-electron chi connectivity index (χ1n) is 2.84. The number of pyridine rings is 1. The van der Waals surface area contributed by atoms with E-state index in [4.69, 9.17) is 0 Å². The van der Waals surface area contributed by atoms with Gasteiger partial charge in [-0.3, -0.25) is 9.59 Å². The molecule has 0 aliphatic rings. The van der Waals surface area contributed by atoms with Gasteiger partial charge in [0, 0.05) is 11.6 Å². The van der Waals surface area contributed by atoms with Crippen LogP contribution in [0.3, 0.4) is 0 Å². The molecule has 0 fully saturated rings. The molecule has 1 aromatic rings. The first-order valence-corrected chi connectivity index (χ1v) is 2.84. The second-order valence-corrected chi connectivity index (χ2v) is 1.88. The monoisotopic (exact) mass is 153 g/mol. The molecule has 0 saturated heterocycles. The molecule has 1 heterocycles. The quantitative estimate of drug-likeness (QED) is 0.467. The molecule has 4 heteroatoms. The summed E-state index contributed by atoms with van der Waals surface area (Å²) in [4.78, 5) is 23.4. The molecule has 0 atom stereocenters. The third-order valence-corrected chi connectivity index (χ3v) is 1.09. The van der Waals surface area contributed by atoms with Crippen LogP contribution >= 0.6 is 0 Å². The summed E-state index contributed by atoms with van der Waals surface area (Å²) in [6.07, 6.45) is 0.841. The number of rotatable bonds is 2. The number of halogens is 1. The topological polar surface area (TPSA) is 47.0 Å². The molecule has 0 aromatic carbocycles. The molecular formula is C7H4FNO2. The van der Waals surface area contributed by atoms with Gasteiger partial charge in [-0.05, 0) is 6.07 Å². The third-order valence-electron chi connectivity index (χ3n) is 1.09. The SMILES string of the molecule is O=Cc1cc(F)nc(C=O)c1. The van der Waals surface area contributed by atoms with E-state index >= 15 is 0 Å². The molecule has 1 rings (SSSR count). The van der Waals surface area contributed by atoms with Crippen molar-refractivity contribution in [1.82, 2.24) is 4.98 Å². The van der Waals surface area contributed by atoms with Gasteiger partial charge >= 0.3 is 0 Å². The molecular weight excluding hydrogens is 149 g/mol. The van der Waals surface area contributed by atoms with Crippen molar-refractivity contribution in [3.8, 4) is 0 Å². The van der Waals surface area contributed by atoms with Crippen molar-refractivity contribution in [2.24, 2.45) is 0 Å². The fourth-order valence-corrected chi connectivity index (χ4v) is 0.666. The average molecular weight is 153 g/mol. The highest BCUT2D eigenvalue weighted by Gasteiger charge is 1.99. The maximum absolute atomic E-state index is 12.4. The van der Waals surface area contributed by atoms with Crippen LogP contribution in [0.2, 0.25) is 0 Å². The van der Waals surface area contributed by atoms with Crippen molar-refractivity contribution < 1.29 is 14.0 Å². The second-order valence-electron chi connectivity index (χ2n) is 1.88. The Hall–Kier alpha value is -1.58. The number of carbonyl (C=O) groups excluding carboxylic acids is 2. The summed E-state index contributed by atoms with van der Waals surface area (Å²) in [6, 6.07) is 2.17. The first kappa shape index (κ1) is 7.53. The molecule has 1 aromatic heterocycles. The van der Waals surface area contributed by atoms with Crippen LogP contribution in [0.25, 0.3) is 0 Å². The van der Waals surface area contributed by atoms with Crippen molar-refractivity contribution in [3.63, 3.8) is 0 Å². The lowest BCUT2D eigenvalue weighted by Gasteiger charge is -1.91. The molecule has 0 unspecified atom stereocenters. The standard InChI is InChI=1S/C7H4FNO2/c8-7-2-5(3-10)1-6(4-11)9-7/h1-4H. The fraction of sp³-hybridized carbons (Fsp3) is 0. The van der Waals surface area contributed by atoms with Gasteiger partial charge in [0.15, 0.2) is 6.29 Å². The summed E-state index contributed by atoms with van der Waals surface area (Å²) in [5, 5.41) is 0. The summed E-state index contributed by atoms with van der Waals surface area (Å²) >= 11 is 0. The highest BCUT2D eigenvalue weighted by molar-refractivity contribution is 5.79. The molecule has 3 nitrogen and oxygen atoms in total. The van der Waals surface area contributed by atoms with Gasteiger partial charge in [-0.1, -0.05) is 0 Å². The molecule has 0 aliphatic heterocycles. The van der Waals surface area contributed by atoms with Crippen LogP contribution in [0.5, 0.6) is 0 Å². The van der Waals surface area contributed by atoms with E-state index < -0.39 is 5.95 Å². The van der Waals surface area contributed by atoms with Crippen LogP contribution in [0.4, 0.5) is 4.39 Å². The van der Waals surface area contributed by atoms with Crippen LogP contribution in [-0.4, -0.2) is 17.6 Å². The van der Waals surface area contributed by atoms with E-state index in [0.29, 0.717) is 12.6 Å². The Balaban J connectivity index is 3.21. The van der Waals surface area contributed by atoms with Gasteiger partial charge in [-0.2, -0.15) is 4.39 Å². The molecule has 0 amide bonds. The Morgan fingerprint density at radius 3 is 2.55 bits per heavy atom. The van der Waals surface area contributed by atoms with E-state index in [0.717, 1.165) is 6.07 Å². The first-order chi connectivity index (χ1) is 5.26. The second kappa shape index (κ2) is 3.01. The number of hydrogen-bond acceptors (Lipinski definition) is 3. The number of aromatic nitrogens is 1. The zero-order chi connectivity index (χ0) is 8.27. The number of aldehydes is 2. The van der Waals surface area contributed by atoms with Crippen molar-refractivity contribution in [1.29, 1.82) is 0 Å². The molecule has 0 radical (unpaired) electrons. The molecule has 11 heavy (non-hydrogen) atoms. The Labute approximate surface area is 61.9 Å². The minimum atomic E-state index is -0.822. The summed E-state index contributed by atoms with van der Waals surface area (Å²) in [7, 11) is 0. The highest BCUT2D eigenvalue weighted by Crippen LogP contribution is 2.00. The lowest BCUT2D eigenvalue weighted by atomic mass is 10.2. The minimum absolute atomic E-state index is 0.0768. The highest BCUT2D eigenvalue weighted by atomic mass is 19.1. The lowest BCUT2D eigenvalue weighted by Crippen LogP contribution is -1.93. The maximum atomic E-state index is 12.4. The van der Waals surface area contributed by atoms with Crippen molar-refractivity contribution in [2.75, 3.05) is 0 Å². The van der Waals surface area contributed by atoms with Crippen LogP contribution in [0.15, 0.2) is 12.1 Å². The third kappa shape index (κ3) is 1.67. The van der Waals surface area contributed by atoms with Crippen molar-refractivity contribution in [2.45, 2.75) is 0 Å².